The summed E-state index contributed by atoms with van der Waals surface area (Å²) in [4.78, 5) is 8.33. The zero-order valence-electron chi connectivity index (χ0n) is 5.10. The van der Waals surface area contributed by atoms with Crippen molar-refractivity contribution in [3.63, 3.8) is 0 Å². The molecule has 7 heteroatoms. The molecule has 0 spiro atoms. The second kappa shape index (κ2) is 22.7. The van der Waals surface area contributed by atoms with Crippen LogP contribution in [0.15, 0.2) is 0 Å². The number of halogens is 1. The van der Waals surface area contributed by atoms with Gasteiger partial charge in [-0.2, -0.15) is 0 Å². The Balaban J connectivity index is -0.00000000750. The predicted molar refractivity (Wildman–Crippen MR) is 5.40 cm³/mol. The van der Waals surface area contributed by atoms with Crippen LogP contribution in [-0.2, 0) is 0 Å². The molecule has 0 atom stereocenters. The van der Waals surface area contributed by atoms with E-state index in [0.29, 0.717) is 0 Å². The Hall–Kier alpha value is 2.56. The SMILES string of the molecule is O=C([O-])[O-].[Cl-].[Na+].[Na+].[Na+]. The van der Waals surface area contributed by atoms with Crippen molar-refractivity contribution < 1.29 is 116 Å². The second-order valence-electron chi connectivity index (χ2n) is 0.250. The van der Waals surface area contributed by atoms with Crippen molar-refractivity contribution in [2.45, 2.75) is 0 Å². The number of carbonyl (C=O) groups is 1. The molecule has 0 unspecified atom stereocenters. The summed E-state index contributed by atoms with van der Waals surface area (Å²) < 4.78 is 0. The molecule has 0 aliphatic carbocycles. The average Bonchev–Trinajstić information content (AvgIpc) is 0.811. The van der Waals surface area contributed by atoms with Crippen LogP contribution in [0.25, 0.3) is 0 Å². The Labute approximate surface area is 120 Å². The summed E-state index contributed by atoms with van der Waals surface area (Å²) in [5.41, 5.74) is 0. The molecule has 3 nitrogen and oxygen atoms in total. The zero-order chi connectivity index (χ0) is 3.58. The van der Waals surface area contributed by atoms with Crippen molar-refractivity contribution in [1.82, 2.24) is 0 Å². The number of carboxylic acid groups (broad SMARTS) is 2. The Bertz CT molecular complexity index is 37.5. The van der Waals surface area contributed by atoms with Gasteiger partial charge in [0.15, 0.2) is 0 Å². The van der Waals surface area contributed by atoms with Gasteiger partial charge in [-0.25, -0.2) is 0 Å². The summed E-state index contributed by atoms with van der Waals surface area (Å²) in [6.07, 6.45) is -2.33. The van der Waals surface area contributed by atoms with Gasteiger partial charge in [-0.05, 0) is 6.16 Å². The van der Waals surface area contributed by atoms with E-state index in [2.05, 4.69) is 0 Å². The van der Waals surface area contributed by atoms with Gasteiger partial charge in [-0.1, -0.05) is 0 Å². The van der Waals surface area contributed by atoms with E-state index in [4.69, 9.17) is 15.0 Å². The van der Waals surface area contributed by atoms with Crippen LogP contribution in [0.5, 0.6) is 0 Å². The molecule has 0 heterocycles. The summed E-state index contributed by atoms with van der Waals surface area (Å²) in [6.45, 7) is 0. The molecule has 0 amide bonds. The Morgan fingerprint density at radius 3 is 1.00 bits per heavy atom. The molecular weight excluding hydrogens is 164 g/mol. The summed E-state index contributed by atoms with van der Waals surface area (Å²) in [6, 6.07) is 0. The minimum atomic E-state index is -2.33. The van der Waals surface area contributed by atoms with Crippen LogP contribution in [-0.4, -0.2) is 6.16 Å². The van der Waals surface area contributed by atoms with Gasteiger partial charge in [0.2, 0.25) is 0 Å². The van der Waals surface area contributed by atoms with Crippen molar-refractivity contribution in [2.75, 3.05) is 0 Å². The molecule has 0 aliphatic rings. The standard InChI is InChI=1S/CH2O3.ClH.3Na/c2-1(3)4;;;;/h(H2,2,3,4);1H;;;/q;;3*+1/p-3. The first-order chi connectivity index (χ1) is 1.73. The topological polar surface area (TPSA) is 63.2 Å². The van der Waals surface area contributed by atoms with Crippen LogP contribution in [0, 0.1) is 0 Å². The number of hydrogen-bond donors (Lipinski definition) is 0. The minimum Gasteiger partial charge on any atom is -1.00 e. The van der Waals surface area contributed by atoms with Gasteiger partial charge in [-0.15, -0.1) is 0 Å². The number of hydrogen-bond acceptors (Lipinski definition) is 3. The molecule has 0 saturated heterocycles. The van der Waals surface area contributed by atoms with E-state index in [1.165, 1.54) is 0 Å². The quantitative estimate of drug-likeness (QED) is 0.334. The van der Waals surface area contributed by atoms with Crippen LogP contribution in [0.1, 0.15) is 0 Å². The number of carbonyl (C=O) groups excluding carboxylic acids is 1. The minimum absolute atomic E-state index is 0. The van der Waals surface area contributed by atoms with Crippen molar-refractivity contribution in [2.24, 2.45) is 0 Å². The maximum atomic E-state index is 8.33. The third kappa shape index (κ3) is 74.7. The zero-order valence-corrected chi connectivity index (χ0v) is 11.9. The normalized spacial score (nSPS) is 3.00. The molecule has 0 radical (unpaired) electrons. The summed E-state index contributed by atoms with van der Waals surface area (Å²) in [5.74, 6) is 0. The first kappa shape index (κ1) is 31.2. The molecule has 32 valence electrons. The number of rotatable bonds is 0. The van der Waals surface area contributed by atoms with Crippen LogP contribution in [0.4, 0.5) is 4.79 Å². The summed E-state index contributed by atoms with van der Waals surface area (Å²) >= 11 is 0. The van der Waals surface area contributed by atoms with Gasteiger partial charge in [-0.3, -0.25) is 0 Å². The summed E-state index contributed by atoms with van der Waals surface area (Å²) in [7, 11) is 0. The molecule has 0 N–H and O–H groups in total. The molecule has 0 saturated carbocycles. The smallest absolute Gasteiger partial charge is 1.00 e. The van der Waals surface area contributed by atoms with E-state index in [1.54, 1.807) is 0 Å². The van der Waals surface area contributed by atoms with Gasteiger partial charge in [0.25, 0.3) is 0 Å². The van der Waals surface area contributed by atoms with Gasteiger partial charge >= 0.3 is 88.7 Å². The molecule has 0 rings (SSSR count). The second-order valence-corrected chi connectivity index (χ2v) is 0.250. The van der Waals surface area contributed by atoms with E-state index in [1.807, 2.05) is 0 Å². The predicted octanol–water partition coefficient (Wildman–Crippen LogP) is -14.4. The third-order valence-electron chi connectivity index (χ3n) is 0. The van der Waals surface area contributed by atoms with E-state index >= 15 is 0 Å². The van der Waals surface area contributed by atoms with E-state index in [-0.39, 0.29) is 101 Å². The Morgan fingerprint density at radius 2 is 1.00 bits per heavy atom. The molecule has 0 aromatic heterocycles. The Kier molecular flexibility index (Phi) is 88.4. The molecule has 0 aliphatic heterocycles. The molecular formula is CClNa3O3. The first-order valence-electron chi connectivity index (χ1n) is 0.612. The van der Waals surface area contributed by atoms with Gasteiger partial charge in [0.05, 0.1) is 0 Å². The Morgan fingerprint density at radius 1 is 1.00 bits per heavy atom. The third-order valence-corrected chi connectivity index (χ3v) is 0. The van der Waals surface area contributed by atoms with Crippen molar-refractivity contribution in [1.29, 1.82) is 0 Å². The maximum Gasteiger partial charge on any atom is 1.00 e. The monoisotopic (exact) mass is 164 g/mol. The maximum absolute atomic E-state index is 8.33. The fourth-order valence-corrected chi connectivity index (χ4v) is 0. The van der Waals surface area contributed by atoms with Gasteiger partial charge < -0.3 is 27.4 Å². The van der Waals surface area contributed by atoms with Crippen LogP contribution in [0.2, 0.25) is 0 Å². The van der Waals surface area contributed by atoms with E-state index in [9.17, 15) is 0 Å². The van der Waals surface area contributed by atoms with Crippen LogP contribution < -0.4 is 111 Å². The first-order valence-corrected chi connectivity index (χ1v) is 0.612. The van der Waals surface area contributed by atoms with E-state index in [0.717, 1.165) is 0 Å². The van der Waals surface area contributed by atoms with Crippen LogP contribution >= 0.6 is 0 Å². The van der Waals surface area contributed by atoms with Gasteiger partial charge in [0.1, 0.15) is 0 Å². The van der Waals surface area contributed by atoms with Crippen molar-refractivity contribution in [3.05, 3.63) is 0 Å². The van der Waals surface area contributed by atoms with Crippen molar-refractivity contribution in [3.8, 4) is 0 Å². The molecule has 0 fully saturated rings. The van der Waals surface area contributed by atoms with Crippen molar-refractivity contribution >= 4 is 6.16 Å². The largest absolute Gasteiger partial charge is 1.00 e. The molecule has 0 bridgehead atoms. The average molecular weight is 164 g/mol. The van der Waals surface area contributed by atoms with Gasteiger partial charge in [0, 0.05) is 0 Å². The molecule has 8 heavy (non-hydrogen) atoms. The fourth-order valence-electron chi connectivity index (χ4n) is 0. The van der Waals surface area contributed by atoms with E-state index < -0.39 is 6.16 Å². The summed E-state index contributed by atoms with van der Waals surface area (Å²) in [5, 5.41) is 16.7. The molecule has 0 aromatic rings. The molecule has 0 aromatic carbocycles. The fraction of sp³-hybridized carbons (Fsp3) is 0. The van der Waals surface area contributed by atoms with Crippen LogP contribution in [0.3, 0.4) is 0 Å².